The molecule has 2 aromatic rings. The smallest absolute Gasteiger partial charge is 0.226 e. The summed E-state index contributed by atoms with van der Waals surface area (Å²) in [5.41, 5.74) is 1.48. The standard InChI is InChI=1S/C13H15ClN4O2/c1-9-7-11(12(20-2)8-10(9)14)16-13(19)3-5-18-6-4-15-17-18/h4,6-8H,3,5H2,1-2H3,(H,16,19). The summed E-state index contributed by atoms with van der Waals surface area (Å²) >= 11 is 6.02. The van der Waals surface area contributed by atoms with Gasteiger partial charge in [-0.25, -0.2) is 0 Å². The minimum Gasteiger partial charge on any atom is -0.495 e. The van der Waals surface area contributed by atoms with Crippen molar-refractivity contribution in [2.75, 3.05) is 12.4 Å². The number of rotatable bonds is 5. The Hall–Kier alpha value is -2.08. The highest BCUT2D eigenvalue weighted by Crippen LogP contribution is 2.30. The van der Waals surface area contributed by atoms with Crippen molar-refractivity contribution in [1.82, 2.24) is 15.0 Å². The zero-order valence-electron chi connectivity index (χ0n) is 11.3. The van der Waals surface area contributed by atoms with Crippen molar-refractivity contribution in [3.8, 4) is 5.75 Å². The van der Waals surface area contributed by atoms with Crippen LogP contribution < -0.4 is 10.1 Å². The van der Waals surface area contributed by atoms with E-state index in [4.69, 9.17) is 16.3 Å². The molecule has 0 aliphatic carbocycles. The first-order valence-electron chi connectivity index (χ1n) is 6.08. The lowest BCUT2D eigenvalue weighted by Gasteiger charge is -2.12. The number of carbonyl (C=O) groups excluding carboxylic acids is 1. The SMILES string of the molecule is COc1cc(Cl)c(C)cc1NC(=O)CCn1ccnn1. The van der Waals surface area contributed by atoms with Crippen LogP contribution in [-0.4, -0.2) is 28.0 Å². The van der Waals surface area contributed by atoms with E-state index in [1.165, 1.54) is 7.11 Å². The number of hydrogen-bond donors (Lipinski definition) is 1. The van der Waals surface area contributed by atoms with Crippen molar-refractivity contribution in [1.29, 1.82) is 0 Å². The number of hydrogen-bond acceptors (Lipinski definition) is 4. The van der Waals surface area contributed by atoms with Crippen LogP contribution in [0, 0.1) is 6.92 Å². The van der Waals surface area contributed by atoms with E-state index in [1.807, 2.05) is 6.92 Å². The molecule has 0 saturated carbocycles. The Balaban J connectivity index is 2.01. The van der Waals surface area contributed by atoms with Gasteiger partial charge in [-0.05, 0) is 18.6 Å². The van der Waals surface area contributed by atoms with E-state index in [9.17, 15) is 4.79 Å². The topological polar surface area (TPSA) is 69.0 Å². The quantitative estimate of drug-likeness (QED) is 0.918. The van der Waals surface area contributed by atoms with E-state index in [-0.39, 0.29) is 5.91 Å². The minimum atomic E-state index is -0.125. The van der Waals surface area contributed by atoms with Crippen molar-refractivity contribution < 1.29 is 9.53 Å². The molecule has 106 valence electrons. The molecule has 1 N–H and O–H groups in total. The van der Waals surface area contributed by atoms with Crippen LogP contribution in [0.25, 0.3) is 0 Å². The molecule has 0 radical (unpaired) electrons. The molecule has 0 saturated heterocycles. The Morgan fingerprint density at radius 3 is 2.95 bits per heavy atom. The molecule has 1 heterocycles. The Kier molecular flexibility index (Phi) is 4.57. The van der Waals surface area contributed by atoms with Gasteiger partial charge in [0.2, 0.25) is 5.91 Å². The van der Waals surface area contributed by atoms with Gasteiger partial charge in [0.05, 0.1) is 25.5 Å². The third-order valence-electron chi connectivity index (χ3n) is 2.79. The van der Waals surface area contributed by atoms with Crippen LogP contribution in [0.5, 0.6) is 5.75 Å². The van der Waals surface area contributed by atoms with Crippen LogP contribution in [0.3, 0.4) is 0 Å². The molecule has 0 aliphatic rings. The van der Waals surface area contributed by atoms with Gasteiger partial charge >= 0.3 is 0 Å². The Bertz CT molecular complexity index is 599. The van der Waals surface area contributed by atoms with Crippen LogP contribution in [-0.2, 0) is 11.3 Å². The molecule has 2 rings (SSSR count). The maximum Gasteiger partial charge on any atom is 0.226 e. The monoisotopic (exact) mass is 294 g/mol. The van der Waals surface area contributed by atoms with Crippen LogP contribution in [0.1, 0.15) is 12.0 Å². The molecule has 1 aromatic carbocycles. The zero-order valence-corrected chi connectivity index (χ0v) is 12.0. The predicted octanol–water partition coefficient (Wildman–Crippen LogP) is 2.28. The fourth-order valence-corrected chi connectivity index (χ4v) is 1.86. The third-order valence-corrected chi connectivity index (χ3v) is 3.20. The lowest BCUT2D eigenvalue weighted by molar-refractivity contribution is -0.116. The van der Waals surface area contributed by atoms with E-state index in [1.54, 1.807) is 29.2 Å². The second-order valence-corrected chi connectivity index (χ2v) is 4.67. The third kappa shape index (κ3) is 3.48. The predicted molar refractivity (Wildman–Crippen MR) is 76.0 cm³/mol. The summed E-state index contributed by atoms with van der Waals surface area (Å²) in [6, 6.07) is 3.47. The first-order chi connectivity index (χ1) is 9.60. The molecule has 0 unspecified atom stereocenters. The maximum atomic E-state index is 11.9. The highest BCUT2D eigenvalue weighted by Gasteiger charge is 2.10. The van der Waals surface area contributed by atoms with Gasteiger partial charge in [-0.15, -0.1) is 5.10 Å². The van der Waals surface area contributed by atoms with Crippen LogP contribution >= 0.6 is 11.6 Å². The summed E-state index contributed by atoms with van der Waals surface area (Å²) in [5.74, 6) is 0.412. The molecule has 1 amide bonds. The van der Waals surface area contributed by atoms with Gasteiger partial charge in [0.1, 0.15) is 5.75 Å². The van der Waals surface area contributed by atoms with E-state index in [0.29, 0.717) is 29.4 Å². The highest BCUT2D eigenvalue weighted by molar-refractivity contribution is 6.31. The number of methoxy groups -OCH3 is 1. The zero-order chi connectivity index (χ0) is 14.5. The van der Waals surface area contributed by atoms with Crippen molar-refractivity contribution in [2.45, 2.75) is 19.9 Å². The lowest BCUT2D eigenvalue weighted by Crippen LogP contribution is -2.15. The summed E-state index contributed by atoms with van der Waals surface area (Å²) in [6.07, 6.45) is 3.58. The molecule has 0 fully saturated rings. The van der Waals surface area contributed by atoms with Crippen molar-refractivity contribution in [2.24, 2.45) is 0 Å². The largest absolute Gasteiger partial charge is 0.495 e. The Morgan fingerprint density at radius 1 is 1.50 bits per heavy atom. The fraction of sp³-hybridized carbons (Fsp3) is 0.308. The number of aryl methyl sites for hydroxylation is 2. The molecular formula is C13H15ClN4O2. The summed E-state index contributed by atoms with van der Waals surface area (Å²) in [7, 11) is 1.53. The number of amides is 1. The van der Waals surface area contributed by atoms with Gasteiger partial charge in [-0.2, -0.15) is 0 Å². The number of nitrogens with zero attached hydrogens (tertiary/aromatic N) is 3. The Labute approximate surface area is 121 Å². The van der Waals surface area contributed by atoms with Gasteiger partial charge in [0.25, 0.3) is 0 Å². The van der Waals surface area contributed by atoms with Crippen LogP contribution in [0.4, 0.5) is 5.69 Å². The molecule has 0 spiro atoms. The first-order valence-corrected chi connectivity index (χ1v) is 6.46. The molecule has 6 nitrogen and oxygen atoms in total. The van der Waals surface area contributed by atoms with E-state index >= 15 is 0 Å². The molecule has 20 heavy (non-hydrogen) atoms. The van der Waals surface area contributed by atoms with Gasteiger partial charge in [0, 0.05) is 23.7 Å². The van der Waals surface area contributed by atoms with Crippen molar-refractivity contribution in [3.63, 3.8) is 0 Å². The van der Waals surface area contributed by atoms with Gasteiger partial charge in [-0.1, -0.05) is 16.8 Å². The number of anilines is 1. The second kappa shape index (κ2) is 6.38. The Morgan fingerprint density at radius 2 is 2.30 bits per heavy atom. The van der Waals surface area contributed by atoms with Crippen molar-refractivity contribution in [3.05, 3.63) is 35.1 Å². The summed E-state index contributed by atoms with van der Waals surface area (Å²) in [5, 5.41) is 10.9. The fourth-order valence-electron chi connectivity index (χ4n) is 1.71. The van der Waals surface area contributed by atoms with Gasteiger partial charge in [-0.3, -0.25) is 9.48 Å². The summed E-state index contributed by atoms with van der Waals surface area (Å²) in [6.45, 7) is 2.34. The van der Waals surface area contributed by atoms with E-state index in [0.717, 1.165) is 5.56 Å². The number of halogens is 1. The number of carbonyl (C=O) groups is 1. The average Bonchev–Trinajstić information content (AvgIpc) is 2.93. The number of ether oxygens (including phenoxy) is 1. The second-order valence-electron chi connectivity index (χ2n) is 4.27. The first kappa shape index (κ1) is 14.3. The van der Waals surface area contributed by atoms with Gasteiger partial charge in [0.15, 0.2) is 0 Å². The summed E-state index contributed by atoms with van der Waals surface area (Å²) < 4.78 is 6.81. The molecule has 7 heteroatoms. The number of benzene rings is 1. The van der Waals surface area contributed by atoms with Gasteiger partial charge < -0.3 is 10.1 Å². The number of nitrogens with one attached hydrogen (secondary N) is 1. The normalized spacial score (nSPS) is 10.3. The highest BCUT2D eigenvalue weighted by atomic mass is 35.5. The van der Waals surface area contributed by atoms with Crippen LogP contribution in [0.15, 0.2) is 24.5 Å². The summed E-state index contributed by atoms with van der Waals surface area (Å²) in [4.78, 5) is 11.9. The molecule has 0 bridgehead atoms. The van der Waals surface area contributed by atoms with Crippen molar-refractivity contribution >= 4 is 23.2 Å². The molecular weight excluding hydrogens is 280 g/mol. The molecule has 1 aromatic heterocycles. The van der Waals surface area contributed by atoms with E-state index in [2.05, 4.69) is 15.6 Å². The number of aromatic nitrogens is 3. The maximum absolute atomic E-state index is 11.9. The van der Waals surface area contributed by atoms with E-state index < -0.39 is 0 Å². The minimum absolute atomic E-state index is 0.125. The lowest BCUT2D eigenvalue weighted by atomic mass is 10.2. The molecule has 0 atom stereocenters. The average molecular weight is 295 g/mol. The molecule has 0 aliphatic heterocycles. The van der Waals surface area contributed by atoms with Crippen LogP contribution in [0.2, 0.25) is 5.02 Å².